The Morgan fingerprint density at radius 3 is 2.56 bits per heavy atom. The number of aromatic nitrogens is 3. The van der Waals surface area contributed by atoms with Crippen molar-refractivity contribution in [2.45, 2.75) is 6.54 Å². The molecule has 3 aromatic rings. The van der Waals surface area contributed by atoms with Crippen molar-refractivity contribution in [3.8, 4) is 5.88 Å². The van der Waals surface area contributed by atoms with Gasteiger partial charge in [-0.25, -0.2) is 4.98 Å². The van der Waals surface area contributed by atoms with E-state index in [9.17, 15) is 4.79 Å². The third-order valence-corrected chi connectivity index (χ3v) is 5.98. The van der Waals surface area contributed by atoms with Crippen molar-refractivity contribution in [3.63, 3.8) is 0 Å². The van der Waals surface area contributed by atoms with E-state index in [1.807, 2.05) is 35.2 Å². The highest BCUT2D eigenvalue weighted by Gasteiger charge is 2.23. The second-order valence-electron chi connectivity index (χ2n) is 7.14. The second-order valence-corrected chi connectivity index (χ2v) is 7.93. The quantitative estimate of drug-likeness (QED) is 0.587. The maximum atomic E-state index is 12.6. The number of carbonyl (C=O) groups excluding carboxylic acids is 1. The zero-order valence-electron chi connectivity index (χ0n) is 17.5. The number of piperazine rings is 1. The van der Waals surface area contributed by atoms with Gasteiger partial charge in [-0.2, -0.15) is 4.98 Å². The van der Waals surface area contributed by atoms with Crippen LogP contribution in [0.25, 0.3) is 0 Å². The van der Waals surface area contributed by atoms with Crippen LogP contribution in [0.1, 0.15) is 16.1 Å². The summed E-state index contributed by atoms with van der Waals surface area (Å²) in [4.78, 5) is 29.9. The summed E-state index contributed by atoms with van der Waals surface area (Å²) in [5.74, 6) is 0.424. The third kappa shape index (κ3) is 4.87. The molecule has 0 saturated carbocycles. The molecular weight excluding hydrogens is 451 g/mol. The molecule has 1 aliphatic rings. The monoisotopic (exact) mass is 472 g/mol. The van der Waals surface area contributed by atoms with Gasteiger partial charge in [0.05, 0.1) is 35.1 Å². The fourth-order valence-electron chi connectivity index (χ4n) is 3.47. The lowest BCUT2D eigenvalue weighted by Crippen LogP contribution is -2.47. The SMILES string of the molecule is COc1nc(N2CCN(c3cccc(Cl)c3Cl)CC2)ncc1C(=O)NCc1ccccn1. The predicted molar refractivity (Wildman–Crippen MR) is 125 cm³/mol. The van der Waals surface area contributed by atoms with Gasteiger partial charge in [-0.1, -0.05) is 35.3 Å². The molecule has 1 amide bonds. The lowest BCUT2D eigenvalue weighted by molar-refractivity contribution is 0.0946. The molecule has 32 heavy (non-hydrogen) atoms. The van der Waals surface area contributed by atoms with E-state index in [1.165, 1.54) is 13.3 Å². The highest BCUT2D eigenvalue weighted by molar-refractivity contribution is 6.43. The number of carbonyl (C=O) groups is 1. The third-order valence-electron chi connectivity index (χ3n) is 5.17. The summed E-state index contributed by atoms with van der Waals surface area (Å²) in [5, 5.41) is 3.91. The zero-order valence-corrected chi connectivity index (χ0v) is 19.0. The molecule has 1 N–H and O–H groups in total. The van der Waals surface area contributed by atoms with Crippen molar-refractivity contribution < 1.29 is 9.53 Å². The van der Waals surface area contributed by atoms with Crippen LogP contribution in [0.15, 0.2) is 48.8 Å². The molecule has 0 spiro atoms. The Labute approximate surface area is 196 Å². The van der Waals surface area contributed by atoms with Crippen LogP contribution in [-0.4, -0.2) is 54.1 Å². The number of hydrogen-bond donors (Lipinski definition) is 1. The molecule has 1 aromatic carbocycles. The number of ether oxygens (including phenoxy) is 1. The molecule has 0 bridgehead atoms. The van der Waals surface area contributed by atoms with E-state index < -0.39 is 0 Å². The van der Waals surface area contributed by atoms with E-state index in [4.69, 9.17) is 27.9 Å². The van der Waals surface area contributed by atoms with Gasteiger partial charge < -0.3 is 19.9 Å². The minimum absolute atomic E-state index is 0.230. The van der Waals surface area contributed by atoms with E-state index in [0.717, 1.165) is 24.5 Å². The van der Waals surface area contributed by atoms with E-state index in [1.54, 1.807) is 12.3 Å². The van der Waals surface area contributed by atoms with Crippen LogP contribution in [0.4, 0.5) is 11.6 Å². The number of hydrogen-bond acceptors (Lipinski definition) is 7. The Morgan fingerprint density at radius 1 is 1.06 bits per heavy atom. The molecule has 3 heterocycles. The molecule has 1 fully saturated rings. The van der Waals surface area contributed by atoms with Gasteiger partial charge in [-0.15, -0.1) is 0 Å². The van der Waals surface area contributed by atoms with Crippen LogP contribution in [0, 0.1) is 0 Å². The first-order valence-corrected chi connectivity index (χ1v) is 10.9. The molecule has 0 radical (unpaired) electrons. The van der Waals surface area contributed by atoms with Crippen molar-refractivity contribution in [2.24, 2.45) is 0 Å². The lowest BCUT2D eigenvalue weighted by Gasteiger charge is -2.36. The lowest BCUT2D eigenvalue weighted by atomic mass is 10.2. The number of pyridine rings is 1. The summed E-state index contributed by atoms with van der Waals surface area (Å²) in [6.45, 7) is 3.16. The molecule has 2 aromatic heterocycles. The zero-order chi connectivity index (χ0) is 22.5. The molecule has 0 atom stereocenters. The van der Waals surface area contributed by atoms with Crippen molar-refractivity contribution >= 4 is 40.7 Å². The maximum absolute atomic E-state index is 12.6. The Balaban J connectivity index is 1.41. The second kappa shape index (κ2) is 10.0. The van der Waals surface area contributed by atoms with Crippen molar-refractivity contribution in [2.75, 3.05) is 43.1 Å². The van der Waals surface area contributed by atoms with Crippen molar-refractivity contribution in [1.82, 2.24) is 20.3 Å². The molecule has 166 valence electrons. The van der Waals surface area contributed by atoms with Gasteiger partial charge in [0, 0.05) is 38.6 Å². The number of benzene rings is 1. The topological polar surface area (TPSA) is 83.5 Å². The summed E-state index contributed by atoms with van der Waals surface area (Å²) in [5.41, 5.74) is 1.95. The van der Waals surface area contributed by atoms with Crippen molar-refractivity contribution in [3.05, 3.63) is 70.1 Å². The highest BCUT2D eigenvalue weighted by atomic mass is 35.5. The Bertz CT molecular complexity index is 1090. The summed E-state index contributed by atoms with van der Waals surface area (Å²) in [6.07, 6.45) is 3.18. The van der Waals surface area contributed by atoms with E-state index in [2.05, 4.69) is 25.2 Å². The standard InChI is InChI=1S/C22H22Cl2N6O2/c1-32-21-16(20(31)26-13-15-5-2-3-8-25-15)14-27-22(28-21)30-11-9-29(10-12-30)18-7-4-6-17(23)19(18)24/h2-8,14H,9-13H2,1H3,(H,26,31). The average Bonchev–Trinajstić information content (AvgIpc) is 2.84. The van der Waals surface area contributed by atoms with Crippen LogP contribution < -0.4 is 19.9 Å². The van der Waals surface area contributed by atoms with Crippen LogP contribution >= 0.6 is 23.2 Å². The summed E-state index contributed by atoms with van der Waals surface area (Å²) in [6, 6.07) is 11.2. The Hall–Kier alpha value is -3.10. The summed E-state index contributed by atoms with van der Waals surface area (Å²) in [7, 11) is 1.49. The number of anilines is 2. The van der Waals surface area contributed by atoms with Gasteiger partial charge in [0.1, 0.15) is 5.56 Å². The smallest absolute Gasteiger partial charge is 0.258 e. The molecule has 1 aliphatic heterocycles. The van der Waals surface area contributed by atoms with Crippen molar-refractivity contribution in [1.29, 1.82) is 0 Å². The van der Waals surface area contributed by atoms with Crippen LogP contribution in [0.2, 0.25) is 10.0 Å². The van der Waals surface area contributed by atoms with Gasteiger partial charge in [0.25, 0.3) is 5.91 Å². The number of nitrogens with one attached hydrogen (secondary N) is 1. The number of rotatable bonds is 6. The first kappa shape index (κ1) is 22.1. The largest absolute Gasteiger partial charge is 0.480 e. The van der Waals surface area contributed by atoms with E-state index in [0.29, 0.717) is 35.6 Å². The van der Waals surface area contributed by atoms with Crippen LogP contribution in [0.3, 0.4) is 0 Å². The molecule has 0 unspecified atom stereocenters. The molecule has 1 saturated heterocycles. The number of amides is 1. The number of halogens is 2. The predicted octanol–water partition coefficient (Wildman–Crippen LogP) is 3.44. The first-order chi connectivity index (χ1) is 15.6. The minimum Gasteiger partial charge on any atom is -0.480 e. The molecule has 10 heteroatoms. The van der Waals surface area contributed by atoms with Crippen LogP contribution in [0.5, 0.6) is 5.88 Å². The first-order valence-electron chi connectivity index (χ1n) is 10.1. The van der Waals surface area contributed by atoms with Crippen LogP contribution in [-0.2, 0) is 6.54 Å². The Kier molecular flexibility index (Phi) is 6.92. The molecule has 4 rings (SSSR count). The summed E-state index contributed by atoms with van der Waals surface area (Å²) < 4.78 is 5.37. The fourth-order valence-corrected chi connectivity index (χ4v) is 3.89. The fraction of sp³-hybridized carbons (Fsp3) is 0.273. The summed E-state index contributed by atoms with van der Waals surface area (Å²) >= 11 is 12.5. The molecule has 8 nitrogen and oxygen atoms in total. The van der Waals surface area contributed by atoms with E-state index >= 15 is 0 Å². The molecule has 0 aliphatic carbocycles. The number of methoxy groups -OCH3 is 1. The Morgan fingerprint density at radius 2 is 1.84 bits per heavy atom. The molecular formula is C22H22Cl2N6O2. The number of nitrogens with zero attached hydrogens (tertiary/aromatic N) is 5. The van der Waals surface area contributed by atoms with Gasteiger partial charge in [-0.05, 0) is 24.3 Å². The van der Waals surface area contributed by atoms with Gasteiger partial charge >= 0.3 is 0 Å². The normalized spacial score (nSPS) is 13.7. The van der Waals surface area contributed by atoms with E-state index in [-0.39, 0.29) is 17.4 Å². The van der Waals surface area contributed by atoms with Gasteiger partial charge in [0.2, 0.25) is 11.8 Å². The minimum atomic E-state index is -0.320. The van der Waals surface area contributed by atoms with Gasteiger partial charge in [0.15, 0.2) is 0 Å². The average molecular weight is 473 g/mol. The van der Waals surface area contributed by atoms with Gasteiger partial charge in [-0.3, -0.25) is 9.78 Å². The highest BCUT2D eigenvalue weighted by Crippen LogP contribution is 2.33. The maximum Gasteiger partial charge on any atom is 0.258 e.